The third-order valence-corrected chi connectivity index (χ3v) is 4.02. The molecule has 0 radical (unpaired) electrons. The van der Waals surface area contributed by atoms with Gasteiger partial charge in [0, 0.05) is 22.8 Å². The molecule has 0 saturated carbocycles. The van der Waals surface area contributed by atoms with Crippen molar-refractivity contribution in [1.29, 1.82) is 0 Å². The van der Waals surface area contributed by atoms with Gasteiger partial charge in [0.25, 0.3) is 0 Å². The van der Waals surface area contributed by atoms with Crippen LogP contribution in [0.1, 0.15) is 24.4 Å². The molecule has 0 aliphatic carbocycles. The zero-order valence-corrected chi connectivity index (χ0v) is 12.0. The van der Waals surface area contributed by atoms with Gasteiger partial charge >= 0.3 is 0 Å². The summed E-state index contributed by atoms with van der Waals surface area (Å²) in [5.74, 6) is 0.578. The molecule has 1 aromatic carbocycles. The normalized spacial score (nSPS) is 18.9. The quantitative estimate of drug-likeness (QED) is 0.829. The molecule has 0 bridgehead atoms. The van der Waals surface area contributed by atoms with Gasteiger partial charge in [0.1, 0.15) is 0 Å². The van der Waals surface area contributed by atoms with Crippen molar-refractivity contribution in [2.45, 2.75) is 18.9 Å². The van der Waals surface area contributed by atoms with E-state index in [0.29, 0.717) is 5.92 Å². The highest BCUT2D eigenvalue weighted by Crippen LogP contribution is 2.30. The predicted molar refractivity (Wildman–Crippen MR) is 76.9 cm³/mol. The highest BCUT2D eigenvalue weighted by atomic mass is 127. The van der Waals surface area contributed by atoms with Gasteiger partial charge in [-0.2, -0.15) is 0 Å². The Balaban J connectivity index is 0.00000128. The van der Waals surface area contributed by atoms with Crippen LogP contribution in [-0.2, 0) is 4.74 Å². The van der Waals surface area contributed by atoms with Crippen LogP contribution in [0.4, 0.5) is 0 Å². The first-order chi connectivity index (χ1) is 7.29. The van der Waals surface area contributed by atoms with Crippen LogP contribution in [0.25, 0.3) is 0 Å². The Morgan fingerprint density at radius 3 is 2.50 bits per heavy atom. The van der Waals surface area contributed by atoms with Gasteiger partial charge < -0.3 is 10.5 Å². The standard InChI is InChI=1S/C12H16INO.ClH/c13-11-4-2-1-3-10(11)12(14)9-5-7-15-8-6-9;/h1-4,9,12H,5-8,14H2;1H/t12-;/m0./s1. The molecule has 1 aliphatic rings. The minimum atomic E-state index is 0. The summed E-state index contributed by atoms with van der Waals surface area (Å²) in [4.78, 5) is 0. The van der Waals surface area contributed by atoms with Crippen LogP contribution in [-0.4, -0.2) is 13.2 Å². The van der Waals surface area contributed by atoms with Crippen LogP contribution in [0.5, 0.6) is 0 Å². The molecule has 0 aromatic heterocycles. The summed E-state index contributed by atoms with van der Waals surface area (Å²) >= 11 is 2.36. The largest absolute Gasteiger partial charge is 0.381 e. The summed E-state index contributed by atoms with van der Waals surface area (Å²) < 4.78 is 6.63. The Morgan fingerprint density at radius 1 is 1.25 bits per heavy atom. The van der Waals surface area contributed by atoms with Gasteiger partial charge in [-0.15, -0.1) is 12.4 Å². The van der Waals surface area contributed by atoms with Gasteiger partial charge in [-0.3, -0.25) is 0 Å². The molecule has 1 fully saturated rings. The van der Waals surface area contributed by atoms with E-state index in [-0.39, 0.29) is 18.4 Å². The number of ether oxygens (including phenoxy) is 1. The molecule has 0 amide bonds. The summed E-state index contributed by atoms with van der Waals surface area (Å²) in [7, 11) is 0. The second kappa shape index (κ2) is 6.79. The first-order valence-electron chi connectivity index (χ1n) is 5.37. The minimum Gasteiger partial charge on any atom is -0.381 e. The molecule has 0 spiro atoms. The number of hydrogen-bond donors (Lipinski definition) is 1. The zero-order valence-electron chi connectivity index (χ0n) is 9.06. The summed E-state index contributed by atoms with van der Waals surface area (Å²) in [6.45, 7) is 1.73. The number of rotatable bonds is 2. The Bertz CT molecular complexity index is 329. The molecule has 1 aromatic rings. The number of hydrogen-bond acceptors (Lipinski definition) is 2. The summed E-state index contributed by atoms with van der Waals surface area (Å²) in [5.41, 5.74) is 7.59. The smallest absolute Gasteiger partial charge is 0.0469 e. The van der Waals surface area contributed by atoms with Crippen LogP contribution in [0.3, 0.4) is 0 Å². The van der Waals surface area contributed by atoms with E-state index in [9.17, 15) is 0 Å². The number of halogens is 2. The summed E-state index contributed by atoms with van der Waals surface area (Å²) in [6.07, 6.45) is 2.18. The third kappa shape index (κ3) is 3.32. The average Bonchev–Trinajstić information content (AvgIpc) is 2.30. The second-order valence-electron chi connectivity index (χ2n) is 4.00. The summed E-state index contributed by atoms with van der Waals surface area (Å²) in [6, 6.07) is 8.55. The Labute approximate surface area is 116 Å². The van der Waals surface area contributed by atoms with E-state index in [4.69, 9.17) is 10.5 Å². The van der Waals surface area contributed by atoms with E-state index in [1.807, 2.05) is 0 Å². The van der Waals surface area contributed by atoms with E-state index in [1.54, 1.807) is 0 Å². The fourth-order valence-corrected chi connectivity index (χ4v) is 2.82. The van der Waals surface area contributed by atoms with Gasteiger partial charge in [-0.1, -0.05) is 18.2 Å². The Kier molecular flexibility index (Phi) is 6.03. The SMILES string of the molecule is Cl.N[C@H](c1ccccc1I)C1CCOCC1. The number of benzene rings is 1. The zero-order chi connectivity index (χ0) is 10.7. The van der Waals surface area contributed by atoms with Crippen LogP contribution < -0.4 is 5.73 Å². The predicted octanol–water partition coefficient (Wildman–Crippen LogP) is 3.14. The lowest BCUT2D eigenvalue weighted by Gasteiger charge is -2.28. The van der Waals surface area contributed by atoms with Crippen molar-refractivity contribution in [3.8, 4) is 0 Å². The van der Waals surface area contributed by atoms with Gasteiger partial charge in [-0.05, 0) is 53.0 Å². The fraction of sp³-hybridized carbons (Fsp3) is 0.500. The van der Waals surface area contributed by atoms with Crippen molar-refractivity contribution in [3.05, 3.63) is 33.4 Å². The Hall–Kier alpha value is 0.160. The van der Waals surface area contributed by atoms with Crippen LogP contribution in [0.15, 0.2) is 24.3 Å². The molecule has 2 N–H and O–H groups in total. The molecule has 2 nitrogen and oxygen atoms in total. The molecule has 90 valence electrons. The first-order valence-corrected chi connectivity index (χ1v) is 6.44. The molecule has 1 saturated heterocycles. The van der Waals surface area contributed by atoms with Crippen LogP contribution in [0, 0.1) is 9.49 Å². The maximum absolute atomic E-state index is 6.31. The molecule has 2 rings (SSSR count). The molecule has 16 heavy (non-hydrogen) atoms. The first kappa shape index (κ1) is 14.2. The lowest BCUT2D eigenvalue weighted by Crippen LogP contribution is -2.27. The van der Waals surface area contributed by atoms with Crippen molar-refractivity contribution in [1.82, 2.24) is 0 Å². The second-order valence-corrected chi connectivity index (χ2v) is 5.16. The molecule has 1 atom stereocenters. The van der Waals surface area contributed by atoms with Crippen LogP contribution >= 0.6 is 35.0 Å². The van der Waals surface area contributed by atoms with Gasteiger partial charge in [0.2, 0.25) is 0 Å². The van der Waals surface area contributed by atoms with Gasteiger partial charge in [0.05, 0.1) is 0 Å². The van der Waals surface area contributed by atoms with E-state index < -0.39 is 0 Å². The molecular formula is C12H17ClINO. The fourth-order valence-electron chi connectivity index (χ4n) is 2.07. The highest BCUT2D eigenvalue weighted by Gasteiger charge is 2.23. The van der Waals surface area contributed by atoms with Crippen molar-refractivity contribution >= 4 is 35.0 Å². The van der Waals surface area contributed by atoms with E-state index in [1.165, 1.54) is 9.13 Å². The van der Waals surface area contributed by atoms with E-state index >= 15 is 0 Å². The molecular weight excluding hydrogens is 336 g/mol. The lowest BCUT2D eigenvalue weighted by atomic mass is 9.88. The monoisotopic (exact) mass is 353 g/mol. The molecule has 1 aliphatic heterocycles. The number of nitrogens with two attached hydrogens (primary N) is 1. The van der Waals surface area contributed by atoms with Crippen molar-refractivity contribution < 1.29 is 4.74 Å². The van der Waals surface area contributed by atoms with Gasteiger partial charge in [0.15, 0.2) is 0 Å². The van der Waals surface area contributed by atoms with Crippen molar-refractivity contribution in [2.24, 2.45) is 11.7 Å². The maximum atomic E-state index is 6.31. The van der Waals surface area contributed by atoms with Gasteiger partial charge in [-0.25, -0.2) is 0 Å². The van der Waals surface area contributed by atoms with Crippen LogP contribution in [0.2, 0.25) is 0 Å². The molecule has 1 heterocycles. The minimum absolute atomic E-state index is 0. The van der Waals surface area contributed by atoms with Crippen molar-refractivity contribution in [3.63, 3.8) is 0 Å². The van der Waals surface area contributed by atoms with E-state index in [2.05, 4.69) is 46.9 Å². The molecule has 4 heteroatoms. The molecule has 0 unspecified atom stereocenters. The topological polar surface area (TPSA) is 35.2 Å². The van der Waals surface area contributed by atoms with E-state index in [0.717, 1.165) is 26.1 Å². The highest BCUT2D eigenvalue weighted by molar-refractivity contribution is 14.1. The third-order valence-electron chi connectivity index (χ3n) is 3.04. The Morgan fingerprint density at radius 2 is 1.88 bits per heavy atom. The maximum Gasteiger partial charge on any atom is 0.0469 e. The lowest BCUT2D eigenvalue weighted by molar-refractivity contribution is 0.0583. The summed E-state index contributed by atoms with van der Waals surface area (Å²) in [5, 5.41) is 0. The van der Waals surface area contributed by atoms with Crippen molar-refractivity contribution in [2.75, 3.05) is 13.2 Å². The average molecular weight is 354 g/mol.